The zero-order chi connectivity index (χ0) is 22.1. The minimum absolute atomic E-state index is 0.151. The van der Waals surface area contributed by atoms with E-state index in [-0.39, 0.29) is 16.7 Å². The molecule has 0 aliphatic rings. The topological polar surface area (TPSA) is 97.4 Å². The molecule has 1 amide bonds. The fraction of sp³-hybridized carbons (Fsp3) is 0.217. The Morgan fingerprint density at radius 1 is 1.00 bits per heavy atom. The van der Waals surface area contributed by atoms with Crippen molar-refractivity contribution in [1.29, 1.82) is 0 Å². The fourth-order valence-corrected chi connectivity index (χ4v) is 3.94. The summed E-state index contributed by atoms with van der Waals surface area (Å²) in [6, 6.07) is 17.9. The number of anilines is 1. The molecule has 0 aliphatic heterocycles. The molecule has 2 N–H and O–H groups in total. The van der Waals surface area contributed by atoms with E-state index < -0.39 is 10.0 Å². The van der Waals surface area contributed by atoms with Crippen molar-refractivity contribution < 1.29 is 17.9 Å². The molecule has 7 nitrogen and oxygen atoms in total. The Kier molecular flexibility index (Phi) is 7.61. The number of carbonyl (C=O) groups excluding carboxylic acids is 1. The number of carbonyl (C=O) groups is 1. The Labute approximate surface area is 182 Å². The number of pyridine rings is 1. The normalized spacial score (nSPS) is 11.0. The molecule has 0 radical (unpaired) electrons. The Morgan fingerprint density at radius 2 is 1.81 bits per heavy atom. The van der Waals surface area contributed by atoms with Gasteiger partial charge in [-0.1, -0.05) is 44.0 Å². The summed E-state index contributed by atoms with van der Waals surface area (Å²) in [5.74, 6) is 0.241. The van der Waals surface area contributed by atoms with E-state index >= 15 is 0 Å². The quantitative estimate of drug-likeness (QED) is 0.450. The van der Waals surface area contributed by atoms with E-state index in [0.29, 0.717) is 23.5 Å². The SMILES string of the molecule is CCCCCNC(=O)c1cccnc1Oc1cccc(NS(=O)(=O)c2ccccc2)c1. The van der Waals surface area contributed by atoms with Gasteiger partial charge in [0.2, 0.25) is 5.88 Å². The first-order valence-electron chi connectivity index (χ1n) is 10.1. The number of aromatic nitrogens is 1. The molecule has 0 fully saturated rings. The first-order valence-corrected chi connectivity index (χ1v) is 11.6. The molecule has 0 spiro atoms. The van der Waals surface area contributed by atoms with Crippen LogP contribution in [0.4, 0.5) is 5.69 Å². The van der Waals surface area contributed by atoms with Crippen LogP contribution < -0.4 is 14.8 Å². The molecular formula is C23H25N3O4S. The number of hydrogen-bond acceptors (Lipinski definition) is 5. The molecule has 3 aromatic rings. The molecule has 31 heavy (non-hydrogen) atoms. The molecule has 0 saturated heterocycles. The molecular weight excluding hydrogens is 414 g/mol. The highest BCUT2D eigenvalue weighted by Gasteiger charge is 2.16. The van der Waals surface area contributed by atoms with E-state index in [1.807, 2.05) is 0 Å². The minimum atomic E-state index is -3.72. The van der Waals surface area contributed by atoms with E-state index in [4.69, 9.17) is 4.74 Å². The van der Waals surface area contributed by atoms with Crippen molar-refractivity contribution in [2.75, 3.05) is 11.3 Å². The molecule has 2 aromatic carbocycles. The van der Waals surface area contributed by atoms with Gasteiger partial charge in [-0.15, -0.1) is 0 Å². The molecule has 0 unspecified atom stereocenters. The van der Waals surface area contributed by atoms with Crippen LogP contribution in [0.5, 0.6) is 11.6 Å². The van der Waals surface area contributed by atoms with Gasteiger partial charge in [0.05, 0.1) is 10.6 Å². The van der Waals surface area contributed by atoms with Gasteiger partial charge in [0, 0.05) is 18.8 Å². The van der Waals surface area contributed by atoms with Crippen molar-refractivity contribution in [3.05, 3.63) is 78.5 Å². The number of nitrogens with zero attached hydrogens (tertiary/aromatic N) is 1. The van der Waals surface area contributed by atoms with Crippen LogP contribution in [-0.2, 0) is 10.0 Å². The van der Waals surface area contributed by atoms with Crippen molar-refractivity contribution in [3.63, 3.8) is 0 Å². The third-order valence-corrected chi connectivity index (χ3v) is 5.83. The van der Waals surface area contributed by atoms with Crippen LogP contribution in [0.25, 0.3) is 0 Å². The second-order valence-corrected chi connectivity index (χ2v) is 8.55. The Bertz CT molecular complexity index is 1120. The lowest BCUT2D eigenvalue weighted by molar-refractivity contribution is 0.0950. The summed E-state index contributed by atoms with van der Waals surface area (Å²) in [7, 11) is -3.72. The lowest BCUT2D eigenvalue weighted by Crippen LogP contribution is -2.25. The van der Waals surface area contributed by atoms with Gasteiger partial charge in [-0.2, -0.15) is 0 Å². The van der Waals surface area contributed by atoms with Crippen molar-refractivity contribution in [2.45, 2.75) is 31.1 Å². The van der Waals surface area contributed by atoms with Gasteiger partial charge >= 0.3 is 0 Å². The maximum atomic E-state index is 12.5. The van der Waals surface area contributed by atoms with Gasteiger partial charge in [-0.3, -0.25) is 9.52 Å². The van der Waals surface area contributed by atoms with Crippen LogP contribution in [0.3, 0.4) is 0 Å². The number of amides is 1. The van der Waals surface area contributed by atoms with E-state index in [9.17, 15) is 13.2 Å². The third kappa shape index (κ3) is 6.29. The van der Waals surface area contributed by atoms with Crippen molar-refractivity contribution >= 4 is 21.6 Å². The van der Waals surface area contributed by atoms with E-state index in [0.717, 1.165) is 19.3 Å². The number of ether oxygens (including phenoxy) is 1. The standard InChI is InChI=1S/C23H25N3O4S/c1-2-3-7-15-24-22(27)21-14-9-16-25-23(21)30-19-11-8-10-18(17-19)26-31(28,29)20-12-5-4-6-13-20/h4-6,8-14,16-17,26H,2-3,7,15H2,1H3,(H,24,27). The molecule has 0 bridgehead atoms. The summed E-state index contributed by atoms with van der Waals surface area (Å²) in [4.78, 5) is 16.8. The van der Waals surface area contributed by atoms with Crippen molar-refractivity contribution in [3.8, 4) is 11.6 Å². The second-order valence-electron chi connectivity index (χ2n) is 6.87. The zero-order valence-electron chi connectivity index (χ0n) is 17.2. The molecule has 3 rings (SSSR count). The van der Waals surface area contributed by atoms with Gasteiger partial charge in [0.25, 0.3) is 15.9 Å². The number of sulfonamides is 1. The highest BCUT2D eigenvalue weighted by molar-refractivity contribution is 7.92. The van der Waals surface area contributed by atoms with Crippen molar-refractivity contribution in [1.82, 2.24) is 10.3 Å². The molecule has 162 valence electrons. The molecule has 0 atom stereocenters. The van der Waals surface area contributed by atoms with Gasteiger partial charge < -0.3 is 10.1 Å². The predicted octanol–water partition coefficient (Wildman–Crippen LogP) is 4.59. The van der Waals surface area contributed by atoms with Gasteiger partial charge in [0.1, 0.15) is 11.3 Å². The van der Waals surface area contributed by atoms with E-state index in [1.165, 1.54) is 24.4 Å². The number of benzene rings is 2. The van der Waals surface area contributed by atoms with E-state index in [1.54, 1.807) is 48.5 Å². The summed E-state index contributed by atoms with van der Waals surface area (Å²) >= 11 is 0. The van der Waals surface area contributed by atoms with Crippen LogP contribution in [-0.4, -0.2) is 25.9 Å². The summed E-state index contributed by atoms with van der Waals surface area (Å²) in [5.41, 5.74) is 0.650. The van der Waals surface area contributed by atoms with Gasteiger partial charge in [0.15, 0.2) is 0 Å². The zero-order valence-corrected chi connectivity index (χ0v) is 18.1. The summed E-state index contributed by atoms with van der Waals surface area (Å²) in [5, 5.41) is 2.87. The minimum Gasteiger partial charge on any atom is -0.438 e. The highest BCUT2D eigenvalue weighted by Crippen LogP contribution is 2.26. The Balaban J connectivity index is 1.74. The molecule has 0 saturated carbocycles. The first-order chi connectivity index (χ1) is 15.0. The maximum absolute atomic E-state index is 12.5. The molecule has 0 aliphatic carbocycles. The Hall–Kier alpha value is -3.39. The predicted molar refractivity (Wildman–Crippen MR) is 120 cm³/mol. The molecule has 1 aromatic heterocycles. The number of hydrogen-bond donors (Lipinski definition) is 2. The fourth-order valence-electron chi connectivity index (χ4n) is 2.87. The van der Waals surface area contributed by atoms with E-state index in [2.05, 4.69) is 21.9 Å². The Morgan fingerprint density at radius 3 is 2.58 bits per heavy atom. The molecule has 1 heterocycles. The lowest BCUT2D eigenvalue weighted by atomic mass is 10.2. The average molecular weight is 440 g/mol. The van der Waals surface area contributed by atoms with Crippen LogP contribution >= 0.6 is 0 Å². The van der Waals surface area contributed by atoms with Gasteiger partial charge in [-0.05, 0) is 42.8 Å². The number of unbranched alkanes of at least 4 members (excludes halogenated alkanes) is 2. The maximum Gasteiger partial charge on any atom is 0.261 e. The summed E-state index contributed by atoms with van der Waals surface area (Å²) in [6.07, 6.45) is 4.55. The monoisotopic (exact) mass is 439 g/mol. The van der Waals surface area contributed by atoms with Crippen LogP contribution in [0.15, 0.2) is 77.8 Å². The van der Waals surface area contributed by atoms with Gasteiger partial charge in [-0.25, -0.2) is 13.4 Å². The summed E-state index contributed by atoms with van der Waals surface area (Å²) < 4.78 is 33.4. The van der Waals surface area contributed by atoms with Crippen LogP contribution in [0.1, 0.15) is 36.5 Å². The average Bonchev–Trinajstić information content (AvgIpc) is 2.77. The second kappa shape index (κ2) is 10.6. The highest BCUT2D eigenvalue weighted by atomic mass is 32.2. The number of rotatable bonds is 10. The van der Waals surface area contributed by atoms with Crippen LogP contribution in [0.2, 0.25) is 0 Å². The lowest BCUT2D eigenvalue weighted by Gasteiger charge is -2.12. The first kappa shape index (κ1) is 22.3. The van der Waals surface area contributed by atoms with Crippen LogP contribution in [0, 0.1) is 0 Å². The largest absolute Gasteiger partial charge is 0.438 e. The smallest absolute Gasteiger partial charge is 0.261 e. The summed E-state index contributed by atoms with van der Waals surface area (Å²) in [6.45, 7) is 2.68. The number of nitrogens with one attached hydrogen (secondary N) is 2. The third-order valence-electron chi connectivity index (χ3n) is 4.44. The van der Waals surface area contributed by atoms with Crippen molar-refractivity contribution in [2.24, 2.45) is 0 Å². The molecule has 8 heteroatoms.